The lowest BCUT2D eigenvalue weighted by molar-refractivity contribution is 0.0460. The van der Waals surface area contributed by atoms with Gasteiger partial charge in [0.05, 0.1) is 11.6 Å². The first-order chi connectivity index (χ1) is 22.3. The lowest BCUT2D eigenvalue weighted by Gasteiger charge is -2.42. The number of fused-ring (bicyclic) bond motifs is 6. The summed E-state index contributed by atoms with van der Waals surface area (Å²) in [7, 11) is 0. The molecule has 8 rings (SSSR count). The van der Waals surface area contributed by atoms with Crippen molar-refractivity contribution in [3.63, 3.8) is 0 Å². The number of phenols is 1. The summed E-state index contributed by atoms with van der Waals surface area (Å²) in [6, 6.07) is 15.4. The average Bonchev–Trinajstić information content (AvgIpc) is 3.49. The number of nitrogens with one attached hydrogen (secondary N) is 1. The second-order valence-electron chi connectivity index (χ2n) is 13.9. The molecule has 10 heteroatoms. The minimum Gasteiger partial charge on any atom is -0.508 e. The summed E-state index contributed by atoms with van der Waals surface area (Å²) in [5.74, 6) is 0.172. The van der Waals surface area contributed by atoms with Gasteiger partial charge >= 0.3 is 6.01 Å². The largest absolute Gasteiger partial charge is 0.508 e. The van der Waals surface area contributed by atoms with Gasteiger partial charge in [-0.15, -0.1) is 0 Å². The molecule has 4 fully saturated rings. The van der Waals surface area contributed by atoms with Gasteiger partial charge in [-0.2, -0.15) is 9.97 Å². The molecule has 4 atom stereocenters. The van der Waals surface area contributed by atoms with Crippen LogP contribution in [0.2, 0.25) is 5.02 Å². The van der Waals surface area contributed by atoms with Gasteiger partial charge in [0.15, 0.2) is 5.82 Å². The van der Waals surface area contributed by atoms with Crippen molar-refractivity contribution < 1.29 is 14.2 Å². The van der Waals surface area contributed by atoms with E-state index in [1.54, 1.807) is 18.2 Å². The normalized spacial score (nSPS) is 24.9. The molecule has 4 aromatic rings. The number of benzene rings is 3. The van der Waals surface area contributed by atoms with Crippen LogP contribution in [0.25, 0.3) is 32.8 Å². The Morgan fingerprint density at radius 2 is 1.72 bits per heavy atom. The molecule has 0 spiro atoms. The summed E-state index contributed by atoms with van der Waals surface area (Å²) >= 11 is 6.90. The van der Waals surface area contributed by atoms with Crippen LogP contribution in [0, 0.1) is 5.82 Å². The molecule has 0 radical (unpaired) electrons. The molecule has 4 aliphatic rings. The molecule has 4 bridgehead atoms. The number of ether oxygens (including phenoxy) is 1. The Kier molecular flexibility index (Phi) is 7.91. The van der Waals surface area contributed by atoms with Crippen molar-refractivity contribution in [2.24, 2.45) is 0 Å². The Hall–Kier alpha value is -3.24. The zero-order chi connectivity index (χ0) is 31.5. The number of hydrogen-bond donors (Lipinski definition) is 2. The molecule has 3 aromatic carbocycles. The van der Waals surface area contributed by atoms with Crippen LogP contribution < -0.4 is 15.0 Å². The predicted molar refractivity (Wildman–Crippen MR) is 182 cm³/mol. The highest BCUT2D eigenvalue weighted by Crippen LogP contribution is 2.43. The zero-order valence-electron chi connectivity index (χ0n) is 26.6. The Morgan fingerprint density at radius 3 is 2.46 bits per heavy atom. The summed E-state index contributed by atoms with van der Waals surface area (Å²) in [5, 5.41) is 16.6. The molecular formula is C36H42ClFN6O2. The van der Waals surface area contributed by atoms with Crippen molar-refractivity contribution in [1.82, 2.24) is 25.1 Å². The predicted octanol–water partition coefficient (Wildman–Crippen LogP) is 6.21. The van der Waals surface area contributed by atoms with Gasteiger partial charge in [-0.3, -0.25) is 9.80 Å². The van der Waals surface area contributed by atoms with E-state index in [1.807, 2.05) is 24.3 Å². The molecule has 0 aliphatic carbocycles. The van der Waals surface area contributed by atoms with E-state index < -0.39 is 5.82 Å². The van der Waals surface area contributed by atoms with Gasteiger partial charge in [0.25, 0.3) is 0 Å². The molecule has 46 heavy (non-hydrogen) atoms. The minimum absolute atomic E-state index is 0.0482. The van der Waals surface area contributed by atoms with Crippen LogP contribution in [0.3, 0.4) is 0 Å². The van der Waals surface area contributed by atoms with Crippen molar-refractivity contribution in [3.05, 3.63) is 53.3 Å². The maximum Gasteiger partial charge on any atom is 0.319 e. The molecule has 0 saturated carbocycles. The fourth-order valence-corrected chi connectivity index (χ4v) is 8.70. The van der Waals surface area contributed by atoms with Crippen LogP contribution in [0.15, 0.2) is 42.5 Å². The number of rotatable bonds is 8. The molecule has 4 unspecified atom stereocenters. The molecule has 1 aromatic heterocycles. The number of anilines is 1. The third-order valence-electron chi connectivity index (χ3n) is 10.7. The van der Waals surface area contributed by atoms with Crippen molar-refractivity contribution in [2.75, 3.05) is 44.2 Å². The fourth-order valence-electron chi connectivity index (χ4n) is 8.40. The second kappa shape index (κ2) is 12.1. The SMILES string of the molecule is CC(C)N1CC2CCC(C1)N2CCCOc1nc(N2CC3CCC(C2)N3)c2cc(Cl)c(-c3cc(O)cc4ccccc34)c(F)c2n1. The van der Waals surface area contributed by atoms with Crippen LogP contribution in [0.4, 0.5) is 10.2 Å². The van der Waals surface area contributed by atoms with E-state index in [0.29, 0.717) is 53.6 Å². The molecule has 5 heterocycles. The average molecular weight is 645 g/mol. The Bertz CT molecular complexity index is 1760. The summed E-state index contributed by atoms with van der Waals surface area (Å²) in [4.78, 5) is 17.1. The molecule has 0 amide bonds. The van der Waals surface area contributed by atoms with Gasteiger partial charge in [-0.1, -0.05) is 35.9 Å². The molecule has 4 aliphatic heterocycles. The maximum absolute atomic E-state index is 16.8. The van der Waals surface area contributed by atoms with Gasteiger partial charge in [0.2, 0.25) is 0 Å². The molecule has 4 saturated heterocycles. The number of hydrogen-bond acceptors (Lipinski definition) is 8. The number of halogens is 2. The first-order valence-corrected chi connectivity index (χ1v) is 17.3. The smallest absolute Gasteiger partial charge is 0.319 e. The first kappa shape index (κ1) is 30.1. The Labute approximate surface area is 274 Å². The standard InChI is InChI=1S/C36H42ClFN6O2/c1-21(2)42-19-25-10-11-26(20-42)44(25)12-5-13-46-36-40-34-30(35(41-36)43-17-23-8-9-24(18-43)39-23)16-31(37)32(33(34)38)29-15-27(45)14-22-6-3-4-7-28(22)29/h3-4,6-7,14-16,21,23-26,39,45H,5,8-13,17-20H2,1-2H3. The van der Waals surface area contributed by atoms with E-state index in [4.69, 9.17) is 21.3 Å². The van der Waals surface area contributed by atoms with E-state index in [1.165, 1.54) is 12.8 Å². The Morgan fingerprint density at radius 1 is 0.978 bits per heavy atom. The number of likely N-dealkylation sites (tertiary alicyclic amines) is 1. The Balaban J connectivity index is 1.12. The van der Waals surface area contributed by atoms with Crippen molar-refractivity contribution in [3.8, 4) is 22.9 Å². The highest BCUT2D eigenvalue weighted by molar-refractivity contribution is 6.35. The zero-order valence-corrected chi connectivity index (χ0v) is 27.3. The van der Waals surface area contributed by atoms with Gasteiger partial charge < -0.3 is 20.1 Å². The highest BCUT2D eigenvalue weighted by atomic mass is 35.5. The second-order valence-corrected chi connectivity index (χ2v) is 14.3. The number of nitrogens with zero attached hydrogens (tertiary/aromatic N) is 5. The third-order valence-corrected chi connectivity index (χ3v) is 11.0. The number of phenolic OH excluding ortho intramolecular Hbond substituents is 1. The third kappa shape index (κ3) is 5.45. The molecule has 242 valence electrons. The molecule has 2 N–H and O–H groups in total. The summed E-state index contributed by atoms with van der Waals surface area (Å²) in [6.45, 7) is 9.85. The molecule has 8 nitrogen and oxygen atoms in total. The fraction of sp³-hybridized carbons (Fsp3) is 0.500. The lowest BCUT2D eigenvalue weighted by Crippen LogP contribution is -2.55. The van der Waals surface area contributed by atoms with E-state index in [2.05, 4.69) is 38.8 Å². The first-order valence-electron chi connectivity index (χ1n) is 16.9. The van der Waals surface area contributed by atoms with Crippen molar-refractivity contribution in [2.45, 2.75) is 76.2 Å². The highest BCUT2D eigenvalue weighted by Gasteiger charge is 2.40. The summed E-state index contributed by atoms with van der Waals surface area (Å²) in [6.07, 6.45) is 5.61. The number of aromatic hydroxyl groups is 1. The van der Waals surface area contributed by atoms with Crippen LogP contribution >= 0.6 is 11.6 Å². The maximum atomic E-state index is 16.8. The van der Waals surface area contributed by atoms with Crippen LogP contribution in [-0.2, 0) is 0 Å². The van der Waals surface area contributed by atoms with Crippen LogP contribution in [-0.4, -0.2) is 94.4 Å². The minimum atomic E-state index is -0.538. The summed E-state index contributed by atoms with van der Waals surface area (Å²) in [5.41, 5.74) is 0.920. The van der Waals surface area contributed by atoms with E-state index >= 15 is 4.39 Å². The van der Waals surface area contributed by atoms with E-state index in [0.717, 1.165) is 62.8 Å². The molecular weight excluding hydrogens is 603 g/mol. The van der Waals surface area contributed by atoms with Crippen LogP contribution in [0.5, 0.6) is 11.8 Å². The number of piperazine rings is 2. The van der Waals surface area contributed by atoms with E-state index in [9.17, 15) is 5.11 Å². The van der Waals surface area contributed by atoms with Crippen molar-refractivity contribution >= 4 is 39.1 Å². The van der Waals surface area contributed by atoms with Gasteiger partial charge in [0.1, 0.15) is 17.1 Å². The van der Waals surface area contributed by atoms with Gasteiger partial charge in [0, 0.05) is 73.9 Å². The topological polar surface area (TPSA) is 77.0 Å². The van der Waals surface area contributed by atoms with Crippen LogP contribution in [0.1, 0.15) is 46.0 Å². The lowest BCUT2D eigenvalue weighted by atomic mass is 9.96. The monoisotopic (exact) mass is 644 g/mol. The quantitative estimate of drug-likeness (QED) is 0.219. The van der Waals surface area contributed by atoms with Gasteiger partial charge in [-0.25, -0.2) is 4.39 Å². The van der Waals surface area contributed by atoms with Crippen molar-refractivity contribution in [1.29, 1.82) is 0 Å². The van der Waals surface area contributed by atoms with E-state index in [-0.39, 0.29) is 27.9 Å². The number of aromatic nitrogens is 2. The summed E-state index contributed by atoms with van der Waals surface area (Å²) < 4.78 is 23.1. The van der Waals surface area contributed by atoms with Gasteiger partial charge in [-0.05, 0) is 80.5 Å².